The number of hydrogen-bond donors (Lipinski definition) is 0. The SMILES string of the molecule is C[C@@H]1CC[C@H](c2nc(C3CCCCC3)no2)O1. The maximum absolute atomic E-state index is 5.75. The van der Waals surface area contributed by atoms with Gasteiger partial charge in [-0.25, -0.2) is 0 Å². The van der Waals surface area contributed by atoms with Crippen molar-refractivity contribution in [3.05, 3.63) is 11.7 Å². The van der Waals surface area contributed by atoms with Crippen LogP contribution in [0, 0.1) is 0 Å². The number of nitrogens with zero attached hydrogens (tertiary/aromatic N) is 2. The second kappa shape index (κ2) is 4.77. The summed E-state index contributed by atoms with van der Waals surface area (Å²) in [5.74, 6) is 2.11. The zero-order valence-corrected chi connectivity index (χ0v) is 10.4. The molecular weight excluding hydrogens is 216 g/mol. The zero-order valence-electron chi connectivity index (χ0n) is 10.4. The van der Waals surface area contributed by atoms with Gasteiger partial charge in [0.1, 0.15) is 6.10 Å². The Balaban J connectivity index is 1.69. The van der Waals surface area contributed by atoms with Gasteiger partial charge in [0.25, 0.3) is 5.89 Å². The van der Waals surface area contributed by atoms with Gasteiger partial charge in [-0.3, -0.25) is 0 Å². The van der Waals surface area contributed by atoms with Crippen molar-refractivity contribution in [2.24, 2.45) is 0 Å². The molecule has 0 amide bonds. The fourth-order valence-corrected chi connectivity index (χ4v) is 2.89. The van der Waals surface area contributed by atoms with Gasteiger partial charge in [0, 0.05) is 5.92 Å². The smallest absolute Gasteiger partial charge is 0.255 e. The van der Waals surface area contributed by atoms with Gasteiger partial charge in [-0.15, -0.1) is 0 Å². The molecule has 0 unspecified atom stereocenters. The molecular formula is C13H20N2O2. The minimum absolute atomic E-state index is 0.0369. The van der Waals surface area contributed by atoms with Crippen LogP contribution in [0.3, 0.4) is 0 Å². The molecule has 1 saturated carbocycles. The molecule has 2 fully saturated rings. The Labute approximate surface area is 102 Å². The third-order valence-corrected chi connectivity index (χ3v) is 3.94. The van der Waals surface area contributed by atoms with Crippen LogP contribution in [0.15, 0.2) is 4.52 Å². The predicted molar refractivity (Wildman–Crippen MR) is 62.6 cm³/mol. The van der Waals surface area contributed by atoms with Gasteiger partial charge in [0.2, 0.25) is 0 Å². The first-order valence-electron chi connectivity index (χ1n) is 6.82. The molecule has 17 heavy (non-hydrogen) atoms. The zero-order chi connectivity index (χ0) is 11.7. The molecule has 4 nitrogen and oxygen atoms in total. The highest BCUT2D eigenvalue weighted by atomic mass is 16.5. The lowest BCUT2D eigenvalue weighted by atomic mass is 9.89. The molecule has 0 bridgehead atoms. The van der Waals surface area contributed by atoms with Crippen LogP contribution in [0.1, 0.15) is 75.6 Å². The molecule has 2 aliphatic rings. The van der Waals surface area contributed by atoms with Crippen LogP contribution >= 0.6 is 0 Å². The Hall–Kier alpha value is -0.900. The summed E-state index contributed by atoms with van der Waals surface area (Å²) < 4.78 is 11.1. The summed E-state index contributed by atoms with van der Waals surface area (Å²) in [6.45, 7) is 2.10. The first kappa shape index (κ1) is 11.2. The molecule has 0 radical (unpaired) electrons. The van der Waals surface area contributed by atoms with E-state index in [0.717, 1.165) is 18.7 Å². The van der Waals surface area contributed by atoms with E-state index in [9.17, 15) is 0 Å². The highest BCUT2D eigenvalue weighted by Gasteiger charge is 2.29. The Bertz CT molecular complexity index is 352. The largest absolute Gasteiger partial charge is 0.365 e. The molecule has 0 aromatic carbocycles. The van der Waals surface area contributed by atoms with Crippen LogP contribution in [-0.4, -0.2) is 16.2 Å². The Kier molecular flexibility index (Phi) is 3.14. The fraction of sp³-hybridized carbons (Fsp3) is 0.846. The van der Waals surface area contributed by atoms with Gasteiger partial charge in [-0.1, -0.05) is 24.4 Å². The number of hydrogen-bond acceptors (Lipinski definition) is 4. The van der Waals surface area contributed by atoms with E-state index in [-0.39, 0.29) is 6.10 Å². The summed E-state index contributed by atoms with van der Waals surface area (Å²) in [5.41, 5.74) is 0. The van der Waals surface area contributed by atoms with Crippen LogP contribution < -0.4 is 0 Å². The van der Waals surface area contributed by atoms with Crippen LogP contribution in [-0.2, 0) is 4.74 Å². The van der Waals surface area contributed by atoms with E-state index >= 15 is 0 Å². The standard InChI is InChI=1S/C13H20N2O2/c1-9-7-8-11(16-9)13-14-12(15-17-13)10-5-3-2-4-6-10/h9-11H,2-8H2,1H3/t9-,11-/m1/s1. The summed E-state index contributed by atoms with van der Waals surface area (Å²) in [4.78, 5) is 4.55. The van der Waals surface area contributed by atoms with E-state index in [4.69, 9.17) is 9.26 Å². The average molecular weight is 236 g/mol. The molecule has 1 aromatic heterocycles. The lowest BCUT2D eigenvalue weighted by Crippen LogP contribution is -2.07. The van der Waals surface area contributed by atoms with Crippen molar-refractivity contribution < 1.29 is 9.26 Å². The highest BCUT2D eigenvalue weighted by Crippen LogP contribution is 2.34. The first-order valence-corrected chi connectivity index (χ1v) is 6.82. The summed E-state index contributed by atoms with van der Waals surface area (Å²) in [5, 5.41) is 4.14. The highest BCUT2D eigenvalue weighted by molar-refractivity contribution is 4.99. The first-order chi connectivity index (χ1) is 8.33. The molecule has 2 heterocycles. The van der Waals surface area contributed by atoms with Gasteiger partial charge < -0.3 is 9.26 Å². The van der Waals surface area contributed by atoms with E-state index in [2.05, 4.69) is 17.1 Å². The van der Waals surface area contributed by atoms with E-state index < -0.39 is 0 Å². The Morgan fingerprint density at radius 2 is 1.88 bits per heavy atom. The van der Waals surface area contributed by atoms with Gasteiger partial charge in [-0.05, 0) is 32.6 Å². The lowest BCUT2D eigenvalue weighted by molar-refractivity contribution is 0.0355. The van der Waals surface area contributed by atoms with Crippen LogP contribution in [0.2, 0.25) is 0 Å². The van der Waals surface area contributed by atoms with Gasteiger partial charge >= 0.3 is 0 Å². The molecule has 1 saturated heterocycles. The predicted octanol–water partition coefficient (Wildman–Crippen LogP) is 3.36. The molecule has 1 aromatic rings. The maximum Gasteiger partial charge on any atom is 0.255 e. The van der Waals surface area contributed by atoms with Crippen molar-refractivity contribution in [3.8, 4) is 0 Å². The number of rotatable bonds is 2. The number of aromatic nitrogens is 2. The molecule has 0 N–H and O–H groups in total. The summed E-state index contributed by atoms with van der Waals surface area (Å²) in [7, 11) is 0. The van der Waals surface area contributed by atoms with Crippen LogP contribution in [0.4, 0.5) is 0 Å². The average Bonchev–Trinajstić information content (AvgIpc) is 2.98. The third kappa shape index (κ3) is 2.37. The minimum Gasteiger partial charge on any atom is -0.365 e. The maximum atomic E-state index is 5.75. The summed E-state index contributed by atoms with van der Waals surface area (Å²) >= 11 is 0. The van der Waals surface area contributed by atoms with Crippen molar-refractivity contribution in [1.29, 1.82) is 0 Å². The Morgan fingerprint density at radius 1 is 1.06 bits per heavy atom. The second-order valence-corrected chi connectivity index (χ2v) is 5.34. The van der Waals surface area contributed by atoms with Crippen molar-refractivity contribution in [2.75, 3.05) is 0 Å². The third-order valence-electron chi connectivity index (χ3n) is 3.94. The monoisotopic (exact) mass is 236 g/mol. The number of ether oxygens (including phenoxy) is 1. The normalized spacial score (nSPS) is 30.9. The molecule has 0 spiro atoms. The topological polar surface area (TPSA) is 48.2 Å². The van der Waals surface area contributed by atoms with Crippen molar-refractivity contribution in [3.63, 3.8) is 0 Å². The molecule has 2 atom stereocenters. The quantitative estimate of drug-likeness (QED) is 0.790. The molecule has 4 heteroatoms. The second-order valence-electron chi connectivity index (χ2n) is 5.34. The Morgan fingerprint density at radius 3 is 2.59 bits per heavy atom. The van der Waals surface area contributed by atoms with Gasteiger partial charge in [-0.2, -0.15) is 4.98 Å². The summed E-state index contributed by atoms with van der Waals surface area (Å²) in [6, 6.07) is 0. The molecule has 94 valence electrons. The minimum atomic E-state index is 0.0369. The summed E-state index contributed by atoms with van der Waals surface area (Å²) in [6.07, 6.45) is 8.82. The van der Waals surface area contributed by atoms with E-state index in [1.165, 1.54) is 32.1 Å². The molecule has 1 aliphatic carbocycles. The van der Waals surface area contributed by atoms with Crippen LogP contribution in [0.5, 0.6) is 0 Å². The molecule has 3 rings (SSSR count). The van der Waals surface area contributed by atoms with Crippen molar-refractivity contribution >= 4 is 0 Å². The van der Waals surface area contributed by atoms with Crippen molar-refractivity contribution in [1.82, 2.24) is 10.1 Å². The van der Waals surface area contributed by atoms with Crippen molar-refractivity contribution in [2.45, 2.75) is 70.0 Å². The van der Waals surface area contributed by atoms with E-state index in [0.29, 0.717) is 17.9 Å². The lowest BCUT2D eigenvalue weighted by Gasteiger charge is -2.17. The van der Waals surface area contributed by atoms with E-state index in [1.54, 1.807) is 0 Å². The molecule has 1 aliphatic heterocycles. The fourth-order valence-electron chi connectivity index (χ4n) is 2.89. The van der Waals surface area contributed by atoms with E-state index in [1.807, 2.05) is 0 Å². The van der Waals surface area contributed by atoms with Gasteiger partial charge in [0.05, 0.1) is 6.10 Å². The van der Waals surface area contributed by atoms with Gasteiger partial charge in [0.15, 0.2) is 5.82 Å². The van der Waals surface area contributed by atoms with Crippen LogP contribution in [0.25, 0.3) is 0 Å².